The summed E-state index contributed by atoms with van der Waals surface area (Å²) in [5.41, 5.74) is 2.03. The highest BCUT2D eigenvalue weighted by molar-refractivity contribution is 6.31. The second-order valence-electron chi connectivity index (χ2n) is 8.81. The first-order valence-corrected chi connectivity index (χ1v) is 11.2. The van der Waals surface area contributed by atoms with Gasteiger partial charge in [0.15, 0.2) is 0 Å². The standard InChI is InChI=1S/C24H22ClN3O3/c1-2-13-6-3-9-16-20(13)26-23(31)24(16)19-18(17-10-5-11-27(17)24)21(29)28(22(19)30)15-8-4-7-14(25)12-15/h3-4,6-9,12,17-19H,2,5,10-11H2,1H3,(H,26,31)/t17-,18+,19-,24+/m0/s1. The van der Waals surface area contributed by atoms with Gasteiger partial charge >= 0.3 is 0 Å². The van der Waals surface area contributed by atoms with E-state index in [9.17, 15) is 14.4 Å². The number of hydrogen-bond donors (Lipinski definition) is 1. The van der Waals surface area contributed by atoms with Crippen LogP contribution in [0.1, 0.15) is 30.9 Å². The molecule has 0 bridgehead atoms. The molecule has 0 saturated carbocycles. The molecule has 7 heteroatoms. The summed E-state index contributed by atoms with van der Waals surface area (Å²) in [6, 6.07) is 12.6. The minimum atomic E-state index is -1.13. The van der Waals surface area contributed by atoms with Crippen LogP contribution < -0.4 is 10.2 Å². The Morgan fingerprint density at radius 3 is 2.71 bits per heavy atom. The molecular weight excluding hydrogens is 414 g/mol. The highest BCUT2D eigenvalue weighted by atomic mass is 35.5. The van der Waals surface area contributed by atoms with Crippen molar-refractivity contribution in [1.82, 2.24) is 4.90 Å². The third-order valence-electron chi connectivity index (χ3n) is 7.56. The smallest absolute Gasteiger partial charge is 0.250 e. The number of anilines is 2. The largest absolute Gasteiger partial charge is 0.324 e. The zero-order valence-electron chi connectivity index (χ0n) is 17.1. The molecule has 0 radical (unpaired) electrons. The molecule has 4 atom stereocenters. The van der Waals surface area contributed by atoms with Crippen molar-refractivity contribution >= 4 is 40.7 Å². The van der Waals surface area contributed by atoms with E-state index in [-0.39, 0.29) is 23.8 Å². The second kappa shape index (κ2) is 6.40. The summed E-state index contributed by atoms with van der Waals surface area (Å²) in [5, 5.41) is 3.55. The lowest BCUT2D eigenvalue weighted by molar-refractivity contribution is -0.135. The SMILES string of the molecule is CCc1cccc2c1NC(=O)[C@]21[C@@H]2C(=O)N(c3cccc(Cl)c3)C(=O)[C@@H]2[C@@H]2CCCN21. The summed E-state index contributed by atoms with van der Waals surface area (Å²) < 4.78 is 0. The van der Waals surface area contributed by atoms with Crippen molar-refractivity contribution < 1.29 is 14.4 Å². The molecule has 158 valence electrons. The van der Waals surface area contributed by atoms with Crippen LogP contribution in [0.5, 0.6) is 0 Å². The fourth-order valence-corrected chi connectivity index (χ4v) is 6.64. The zero-order chi connectivity index (χ0) is 21.5. The number of carbonyl (C=O) groups is 3. The highest BCUT2D eigenvalue weighted by Gasteiger charge is 2.74. The van der Waals surface area contributed by atoms with Gasteiger partial charge in [0, 0.05) is 22.3 Å². The number of fused-ring (bicyclic) bond motifs is 7. The molecule has 2 aromatic rings. The molecule has 4 aliphatic rings. The fraction of sp³-hybridized carbons (Fsp3) is 0.375. The van der Waals surface area contributed by atoms with E-state index < -0.39 is 17.4 Å². The van der Waals surface area contributed by atoms with Gasteiger partial charge in [0.2, 0.25) is 17.7 Å². The Morgan fingerprint density at radius 1 is 1.13 bits per heavy atom. The van der Waals surface area contributed by atoms with Crippen molar-refractivity contribution in [3.63, 3.8) is 0 Å². The van der Waals surface area contributed by atoms with E-state index in [1.165, 1.54) is 4.90 Å². The van der Waals surface area contributed by atoms with Gasteiger partial charge in [-0.2, -0.15) is 0 Å². The van der Waals surface area contributed by atoms with Gasteiger partial charge in [-0.3, -0.25) is 19.3 Å². The number of amides is 3. The van der Waals surface area contributed by atoms with E-state index in [1.807, 2.05) is 25.1 Å². The number of imide groups is 1. The number of benzene rings is 2. The molecule has 1 spiro atoms. The Bertz CT molecular complexity index is 1160. The predicted molar refractivity (Wildman–Crippen MR) is 117 cm³/mol. The molecule has 0 unspecified atom stereocenters. The van der Waals surface area contributed by atoms with Gasteiger partial charge in [0.1, 0.15) is 5.54 Å². The summed E-state index contributed by atoms with van der Waals surface area (Å²) in [7, 11) is 0. The van der Waals surface area contributed by atoms with Crippen molar-refractivity contribution in [2.24, 2.45) is 11.8 Å². The van der Waals surface area contributed by atoms with Crippen LogP contribution in [0.25, 0.3) is 0 Å². The van der Waals surface area contributed by atoms with Crippen molar-refractivity contribution in [2.75, 3.05) is 16.8 Å². The van der Waals surface area contributed by atoms with Crippen molar-refractivity contribution in [1.29, 1.82) is 0 Å². The zero-order valence-corrected chi connectivity index (χ0v) is 17.9. The number of nitrogens with one attached hydrogen (secondary N) is 1. The van der Waals surface area contributed by atoms with Crippen molar-refractivity contribution in [3.05, 3.63) is 58.6 Å². The van der Waals surface area contributed by atoms with Crippen LogP contribution in [0, 0.1) is 11.8 Å². The lowest BCUT2D eigenvalue weighted by Gasteiger charge is -2.36. The van der Waals surface area contributed by atoms with Crippen molar-refractivity contribution in [3.8, 4) is 0 Å². The fourth-order valence-electron chi connectivity index (χ4n) is 6.46. The van der Waals surface area contributed by atoms with Gasteiger partial charge in [-0.15, -0.1) is 0 Å². The van der Waals surface area contributed by atoms with Gasteiger partial charge in [-0.25, -0.2) is 4.90 Å². The normalized spacial score (nSPS) is 31.4. The molecule has 0 aliphatic carbocycles. The van der Waals surface area contributed by atoms with E-state index in [1.54, 1.807) is 24.3 Å². The van der Waals surface area contributed by atoms with Crippen LogP contribution in [0.15, 0.2) is 42.5 Å². The molecule has 4 aliphatic heterocycles. The summed E-state index contributed by atoms with van der Waals surface area (Å²) >= 11 is 6.15. The van der Waals surface area contributed by atoms with Crippen LogP contribution in [0.2, 0.25) is 5.02 Å². The molecule has 31 heavy (non-hydrogen) atoms. The molecule has 2 aromatic carbocycles. The van der Waals surface area contributed by atoms with E-state index in [0.29, 0.717) is 17.3 Å². The van der Waals surface area contributed by atoms with E-state index in [4.69, 9.17) is 11.6 Å². The number of rotatable bonds is 2. The minimum Gasteiger partial charge on any atom is -0.324 e. The molecule has 3 fully saturated rings. The predicted octanol–water partition coefficient (Wildman–Crippen LogP) is 3.33. The van der Waals surface area contributed by atoms with Gasteiger partial charge in [0.25, 0.3) is 0 Å². The number of halogens is 1. The van der Waals surface area contributed by atoms with Crippen LogP contribution >= 0.6 is 11.6 Å². The van der Waals surface area contributed by atoms with Gasteiger partial charge < -0.3 is 5.32 Å². The monoisotopic (exact) mass is 435 g/mol. The van der Waals surface area contributed by atoms with Gasteiger partial charge in [0.05, 0.1) is 17.5 Å². The van der Waals surface area contributed by atoms with Crippen LogP contribution in [0.4, 0.5) is 11.4 Å². The summed E-state index contributed by atoms with van der Waals surface area (Å²) in [6.07, 6.45) is 2.49. The average Bonchev–Trinajstić information content (AvgIpc) is 3.46. The van der Waals surface area contributed by atoms with Gasteiger partial charge in [-0.1, -0.05) is 42.8 Å². The van der Waals surface area contributed by atoms with Crippen LogP contribution in [-0.4, -0.2) is 35.2 Å². The summed E-state index contributed by atoms with van der Waals surface area (Å²) in [6.45, 7) is 2.76. The molecule has 6 rings (SSSR count). The molecule has 0 aromatic heterocycles. The summed E-state index contributed by atoms with van der Waals surface area (Å²) in [4.78, 5) is 44.6. The molecule has 3 amide bonds. The Balaban J connectivity index is 1.57. The number of carbonyl (C=O) groups excluding carboxylic acids is 3. The topological polar surface area (TPSA) is 69.7 Å². The molecule has 6 nitrogen and oxygen atoms in total. The second-order valence-corrected chi connectivity index (χ2v) is 9.25. The Morgan fingerprint density at radius 2 is 1.94 bits per heavy atom. The highest BCUT2D eigenvalue weighted by Crippen LogP contribution is 2.61. The Labute approximate surface area is 185 Å². The van der Waals surface area contributed by atoms with Crippen molar-refractivity contribution in [2.45, 2.75) is 37.8 Å². The lowest BCUT2D eigenvalue weighted by atomic mass is 9.75. The quantitative estimate of drug-likeness (QED) is 0.734. The maximum Gasteiger partial charge on any atom is 0.250 e. The number of para-hydroxylation sites is 1. The third-order valence-corrected chi connectivity index (χ3v) is 7.80. The molecule has 4 heterocycles. The molecule has 1 N–H and O–H groups in total. The Kier molecular flexibility index (Phi) is 3.93. The number of nitrogens with zero attached hydrogens (tertiary/aromatic N) is 2. The van der Waals surface area contributed by atoms with E-state index >= 15 is 0 Å². The first kappa shape index (κ1) is 19.0. The van der Waals surface area contributed by atoms with E-state index in [0.717, 1.165) is 36.1 Å². The Hall–Kier alpha value is -2.70. The number of hydrogen-bond acceptors (Lipinski definition) is 4. The van der Waals surface area contributed by atoms with E-state index in [2.05, 4.69) is 10.2 Å². The molecule has 3 saturated heterocycles. The maximum atomic E-state index is 13.9. The number of aryl methyl sites for hydroxylation is 1. The van der Waals surface area contributed by atoms with Crippen LogP contribution in [-0.2, 0) is 26.3 Å². The first-order chi connectivity index (χ1) is 15.0. The first-order valence-electron chi connectivity index (χ1n) is 10.8. The molecular formula is C24H22ClN3O3. The third kappa shape index (κ3) is 2.19. The minimum absolute atomic E-state index is 0.118. The lowest BCUT2D eigenvalue weighted by Crippen LogP contribution is -2.54. The average molecular weight is 436 g/mol. The van der Waals surface area contributed by atoms with Gasteiger partial charge in [-0.05, 0) is 49.6 Å². The summed E-state index contributed by atoms with van der Waals surface area (Å²) in [5.74, 6) is -1.99. The maximum absolute atomic E-state index is 13.9. The van der Waals surface area contributed by atoms with Crippen LogP contribution in [0.3, 0.4) is 0 Å².